The monoisotopic (exact) mass is 273 g/mol. The van der Waals surface area contributed by atoms with Crippen LogP contribution in [0.3, 0.4) is 0 Å². The summed E-state index contributed by atoms with van der Waals surface area (Å²) in [4.78, 5) is 13.5. The number of ether oxygens (including phenoxy) is 1. The van der Waals surface area contributed by atoms with Crippen molar-refractivity contribution >= 4 is 39.8 Å². The first-order valence-corrected chi connectivity index (χ1v) is 6.27. The summed E-state index contributed by atoms with van der Waals surface area (Å²) in [5.41, 5.74) is 1.11. The molecule has 0 bridgehead atoms. The third-order valence-corrected chi connectivity index (χ3v) is 3.29. The van der Waals surface area contributed by atoms with Gasteiger partial charge in [-0.05, 0) is 37.6 Å². The molecule has 0 saturated carbocycles. The Balaban J connectivity index is 2.94. The third-order valence-electron chi connectivity index (χ3n) is 1.97. The Labute approximate surface area is 110 Å². The highest BCUT2D eigenvalue weighted by Crippen LogP contribution is 2.25. The molecule has 0 unspecified atom stereocenters. The van der Waals surface area contributed by atoms with Crippen LogP contribution >= 0.6 is 23.8 Å². The van der Waals surface area contributed by atoms with E-state index in [0.717, 1.165) is 0 Å². The van der Waals surface area contributed by atoms with E-state index in [9.17, 15) is 4.79 Å². The van der Waals surface area contributed by atoms with Crippen LogP contribution in [0.5, 0.6) is 0 Å². The van der Waals surface area contributed by atoms with Gasteiger partial charge in [-0.1, -0.05) is 0 Å². The maximum absolute atomic E-state index is 11.7. The maximum Gasteiger partial charge on any atom is 0.343 e. The highest BCUT2D eigenvalue weighted by atomic mass is 32.1. The van der Waals surface area contributed by atoms with Gasteiger partial charge in [0.05, 0.1) is 12.3 Å². The van der Waals surface area contributed by atoms with Gasteiger partial charge in [-0.2, -0.15) is 4.37 Å². The molecule has 0 radical (unpaired) electrons. The van der Waals surface area contributed by atoms with Gasteiger partial charge in [0.25, 0.3) is 0 Å². The van der Waals surface area contributed by atoms with Gasteiger partial charge in [0.15, 0.2) is 5.11 Å². The third kappa shape index (κ3) is 3.37. The Bertz CT molecular complexity index is 429. The molecule has 0 aliphatic rings. The minimum Gasteiger partial charge on any atom is -0.462 e. The fourth-order valence-corrected chi connectivity index (χ4v) is 2.06. The summed E-state index contributed by atoms with van der Waals surface area (Å²) in [5.74, 6) is -0.372. The molecular weight excluding hydrogens is 258 g/mol. The minimum absolute atomic E-state index is 0.339. The van der Waals surface area contributed by atoms with Crippen molar-refractivity contribution < 1.29 is 9.53 Å². The molecule has 1 N–H and O–H groups in total. The largest absolute Gasteiger partial charge is 0.462 e. The smallest absolute Gasteiger partial charge is 0.343 e. The fraction of sp³-hybridized carbons (Fsp3) is 0.500. The van der Waals surface area contributed by atoms with Crippen molar-refractivity contribution in [1.82, 2.24) is 9.27 Å². The summed E-state index contributed by atoms with van der Waals surface area (Å²) in [5, 5.41) is 4.13. The Morgan fingerprint density at radius 3 is 2.76 bits per heavy atom. The SMILES string of the molecule is CCOC(=O)c1c(C)nsc1NC(=S)N(C)C. The standard InChI is InChI=1S/C10H15N3O2S2/c1-5-15-9(14)7-6(2)12-17-8(7)11-10(16)13(3)4/h5H2,1-4H3,(H,11,16). The average Bonchev–Trinajstić information content (AvgIpc) is 2.60. The molecule has 0 aliphatic heterocycles. The van der Waals surface area contributed by atoms with Crippen LogP contribution in [0.4, 0.5) is 5.00 Å². The van der Waals surface area contributed by atoms with E-state index in [1.807, 2.05) is 14.1 Å². The van der Waals surface area contributed by atoms with Gasteiger partial charge < -0.3 is 15.0 Å². The van der Waals surface area contributed by atoms with Crippen LogP contribution in [-0.4, -0.2) is 41.1 Å². The zero-order chi connectivity index (χ0) is 13.0. The van der Waals surface area contributed by atoms with Crippen molar-refractivity contribution in [1.29, 1.82) is 0 Å². The fourth-order valence-electron chi connectivity index (χ4n) is 1.11. The first-order valence-electron chi connectivity index (χ1n) is 5.09. The molecule has 0 amide bonds. The Hall–Kier alpha value is -1.21. The van der Waals surface area contributed by atoms with Crippen molar-refractivity contribution in [3.8, 4) is 0 Å². The zero-order valence-electron chi connectivity index (χ0n) is 10.2. The number of hydrogen-bond donors (Lipinski definition) is 1. The molecule has 0 fully saturated rings. The van der Waals surface area contributed by atoms with Gasteiger partial charge in [0.1, 0.15) is 10.6 Å². The van der Waals surface area contributed by atoms with E-state index >= 15 is 0 Å². The normalized spacial score (nSPS) is 9.88. The van der Waals surface area contributed by atoms with Gasteiger partial charge in [0, 0.05) is 14.1 Å². The first-order chi connectivity index (χ1) is 7.97. The van der Waals surface area contributed by atoms with Crippen LogP contribution in [0.15, 0.2) is 0 Å². The average molecular weight is 273 g/mol. The number of nitrogens with zero attached hydrogens (tertiary/aromatic N) is 2. The molecule has 7 heteroatoms. The Morgan fingerprint density at radius 1 is 1.59 bits per heavy atom. The topological polar surface area (TPSA) is 54.5 Å². The second kappa shape index (κ2) is 5.92. The first kappa shape index (κ1) is 13.9. The lowest BCUT2D eigenvalue weighted by molar-refractivity contribution is 0.0527. The van der Waals surface area contributed by atoms with Crippen molar-refractivity contribution in [2.75, 3.05) is 26.0 Å². The molecule has 94 valence electrons. The van der Waals surface area contributed by atoms with Crippen molar-refractivity contribution in [3.63, 3.8) is 0 Å². The summed E-state index contributed by atoms with van der Waals surface area (Å²) in [6.45, 7) is 3.88. The Morgan fingerprint density at radius 2 is 2.24 bits per heavy atom. The number of hydrogen-bond acceptors (Lipinski definition) is 5. The lowest BCUT2D eigenvalue weighted by Gasteiger charge is -2.14. The quantitative estimate of drug-likeness (QED) is 0.670. The molecule has 17 heavy (non-hydrogen) atoms. The second-order valence-corrected chi connectivity index (χ2v) is 4.68. The van der Waals surface area contributed by atoms with Crippen LogP contribution in [0.2, 0.25) is 0 Å². The number of aromatic nitrogens is 1. The second-order valence-electron chi connectivity index (χ2n) is 3.52. The summed E-state index contributed by atoms with van der Waals surface area (Å²) in [7, 11) is 3.65. The minimum atomic E-state index is -0.372. The Kier molecular flexibility index (Phi) is 4.83. The van der Waals surface area contributed by atoms with Crippen LogP contribution in [0, 0.1) is 6.92 Å². The van der Waals surface area contributed by atoms with E-state index in [-0.39, 0.29) is 5.97 Å². The van der Waals surface area contributed by atoms with E-state index in [2.05, 4.69) is 9.69 Å². The molecule has 0 aliphatic carbocycles. The molecule has 5 nitrogen and oxygen atoms in total. The molecule has 1 heterocycles. The van der Waals surface area contributed by atoms with Gasteiger partial charge in [-0.25, -0.2) is 4.79 Å². The summed E-state index contributed by atoms with van der Waals surface area (Å²) < 4.78 is 9.11. The number of anilines is 1. The number of aryl methyl sites for hydroxylation is 1. The molecule has 0 atom stereocenters. The number of carbonyl (C=O) groups excluding carboxylic acids is 1. The van der Waals surface area contributed by atoms with E-state index in [1.54, 1.807) is 18.7 Å². The molecule has 1 aromatic heterocycles. The summed E-state index contributed by atoms with van der Waals surface area (Å²) >= 11 is 6.32. The molecule has 1 rings (SSSR count). The van der Waals surface area contributed by atoms with Gasteiger partial charge >= 0.3 is 5.97 Å². The van der Waals surface area contributed by atoms with E-state index in [0.29, 0.717) is 28.0 Å². The maximum atomic E-state index is 11.7. The van der Waals surface area contributed by atoms with Crippen LogP contribution in [0.25, 0.3) is 0 Å². The van der Waals surface area contributed by atoms with Crippen LogP contribution < -0.4 is 5.32 Å². The van der Waals surface area contributed by atoms with Crippen molar-refractivity contribution in [2.24, 2.45) is 0 Å². The molecular formula is C10H15N3O2S2. The van der Waals surface area contributed by atoms with E-state index in [4.69, 9.17) is 17.0 Å². The molecule has 0 spiro atoms. The van der Waals surface area contributed by atoms with Crippen LogP contribution in [0.1, 0.15) is 23.0 Å². The zero-order valence-corrected chi connectivity index (χ0v) is 11.9. The number of rotatable bonds is 3. The van der Waals surface area contributed by atoms with E-state index < -0.39 is 0 Å². The lowest BCUT2D eigenvalue weighted by atomic mass is 10.2. The number of esters is 1. The van der Waals surface area contributed by atoms with Crippen molar-refractivity contribution in [3.05, 3.63) is 11.3 Å². The van der Waals surface area contributed by atoms with Crippen molar-refractivity contribution in [2.45, 2.75) is 13.8 Å². The highest BCUT2D eigenvalue weighted by molar-refractivity contribution is 7.80. The lowest BCUT2D eigenvalue weighted by Crippen LogP contribution is -2.27. The molecule has 1 aromatic rings. The predicted octanol–water partition coefficient (Wildman–Crippen LogP) is 1.89. The number of carbonyl (C=O) groups is 1. The van der Waals surface area contributed by atoms with E-state index in [1.165, 1.54) is 11.5 Å². The number of nitrogens with one attached hydrogen (secondary N) is 1. The van der Waals surface area contributed by atoms with Crippen LogP contribution in [-0.2, 0) is 4.74 Å². The molecule has 0 saturated heterocycles. The predicted molar refractivity (Wildman–Crippen MR) is 72.7 cm³/mol. The number of thiocarbonyl (C=S) groups is 1. The van der Waals surface area contributed by atoms with Gasteiger partial charge in [-0.15, -0.1) is 0 Å². The summed E-state index contributed by atoms with van der Waals surface area (Å²) in [6.07, 6.45) is 0. The molecule has 0 aromatic carbocycles. The van der Waals surface area contributed by atoms with Gasteiger partial charge in [0.2, 0.25) is 0 Å². The van der Waals surface area contributed by atoms with Gasteiger partial charge in [-0.3, -0.25) is 0 Å². The highest BCUT2D eigenvalue weighted by Gasteiger charge is 2.20. The summed E-state index contributed by atoms with van der Waals surface area (Å²) in [6, 6.07) is 0.